The number of aromatic carboxylic acids is 1. The van der Waals surface area contributed by atoms with Gasteiger partial charge < -0.3 is 29.5 Å². The Kier molecular flexibility index (Phi) is 9.91. The fraction of sp³-hybridized carbons (Fsp3) is 0.400. The Morgan fingerprint density at radius 1 is 1.02 bits per heavy atom. The van der Waals surface area contributed by atoms with Gasteiger partial charge in [-0.05, 0) is 43.3 Å². The van der Waals surface area contributed by atoms with Gasteiger partial charge in [-0.25, -0.2) is 14.6 Å². The highest BCUT2D eigenvalue weighted by atomic mass is 16.5. The molecule has 0 saturated carbocycles. The number of unbranched alkanes of at least 4 members (excludes halogenated alkanes) is 1. The van der Waals surface area contributed by atoms with Crippen LogP contribution in [0.25, 0.3) is 0 Å². The average Bonchev–Trinajstić information content (AvgIpc) is 3.35. The number of nitrogens with one attached hydrogen (secondary N) is 1. The standard InChI is InChI=1S/C30H37N5O5/c1-3-4-9-27-32-19-24(18-31-26-8-6-5-7-25(26)29(37)38)35(27)20-22-10-12-23(13-11-22)30(39)40-21-28(36)34-16-14-33(2)15-17-34/h5-8,10-13,19,31H,3-4,9,14-18,20-21H2,1-2H3,(H,37,38). The zero-order chi connectivity index (χ0) is 28.5. The first-order chi connectivity index (χ1) is 19.4. The second-order valence-electron chi connectivity index (χ2n) is 10.0. The van der Waals surface area contributed by atoms with Crippen LogP contribution in [-0.4, -0.2) is 82.1 Å². The van der Waals surface area contributed by atoms with Crippen molar-refractivity contribution in [3.05, 3.63) is 82.9 Å². The molecule has 1 aromatic heterocycles. The van der Waals surface area contributed by atoms with E-state index in [1.54, 1.807) is 41.3 Å². The molecule has 2 N–H and O–H groups in total. The summed E-state index contributed by atoms with van der Waals surface area (Å²) in [5, 5.41) is 12.7. The van der Waals surface area contributed by atoms with E-state index in [0.29, 0.717) is 37.4 Å². The molecule has 40 heavy (non-hydrogen) atoms. The number of hydrogen-bond acceptors (Lipinski definition) is 7. The number of benzene rings is 2. The van der Waals surface area contributed by atoms with E-state index in [2.05, 4.69) is 26.7 Å². The van der Waals surface area contributed by atoms with Crippen LogP contribution in [0, 0.1) is 0 Å². The normalized spacial score (nSPS) is 13.7. The number of carboxylic acids is 1. The number of carbonyl (C=O) groups excluding carboxylic acids is 2. The maximum absolute atomic E-state index is 12.6. The molecular formula is C30H37N5O5. The average molecular weight is 548 g/mol. The van der Waals surface area contributed by atoms with E-state index in [-0.39, 0.29) is 18.1 Å². The summed E-state index contributed by atoms with van der Waals surface area (Å²) >= 11 is 0. The highest BCUT2D eigenvalue weighted by Gasteiger charge is 2.20. The van der Waals surface area contributed by atoms with Crippen molar-refractivity contribution >= 4 is 23.5 Å². The molecule has 0 atom stereocenters. The Hall–Kier alpha value is -4.18. The summed E-state index contributed by atoms with van der Waals surface area (Å²) in [7, 11) is 2.02. The summed E-state index contributed by atoms with van der Waals surface area (Å²) in [6.45, 7) is 5.73. The third-order valence-corrected chi connectivity index (χ3v) is 7.11. The Balaban J connectivity index is 1.40. The molecule has 4 rings (SSSR count). The van der Waals surface area contributed by atoms with Gasteiger partial charge in [0.25, 0.3) is 5.91 Å². The minimum absolute atomic E-state index is 0.176. The first kappa shape index (κ1) is 28.8. The topological polar surface area (TPSA) is 117 Å². The third-order valence-electron chi connectivity index (χ3n) is 7.11. The first-order valence-electron chi connectivity index (χ1n) is 13.7. The molecule has 10 nitrogen and oxygen atoms in total. The number of carbonyl (C=O) groups is 3. The quantitative estimate of drug-likeness (QED) is 0.331. The van der Waals surface area contributed by atoms with Crippen molar-refractivity contribution in [1.29, 1.82) is 0 Å². The lowest BCUT2D eigenvalue weighted by atomic mass is 10.1. The highest BCUT2D eigenvalue weighted by molar-refractivity contribution is 5.94. The summed E-state index contributed by atoms with van der Waals surface area (Å²) in [5.74, 6) is -0.731. The predicted molar refractivity (Wildman–Crippen MR) is 151 cm³/mol. The molecule has 2 aromatic carbocycles. The lowest BCUT2D eigenvalue weighted by Crippen LogP contribution is -2.48. The SMILES string of the molecule is CCCCc1ncc(CNc2ccccc2C(=O)O)n1Cc1ccc(C(=O)OCC(=O)N2CCN(C)CC2)cc1. The molecule has 3 aromatic rings. The second kappa shape index (κ2) is 13.7. The Morgan fingerprint density at radius 3 is 2.45 bits per heavy atom. The number of esters is 1. The molecular weight excluding hydrogens is 510 g/mol. The van der Waals surface area contributed by atoms with Crippen LogP contribution >= 0.6 is 0 Å². The molecule has 0 unspecified atom stereocenters. The van der Waals surface area contributed by atoms with Gasteiger partial charge in [-0.3, -0.25) is 4.79 Å². The monoisotopic (exact) mass is 547 g/mol. The molecule has 0 bridgehead atoms. The number of nitrogens with zero attached hydrogens (tertiary/aromatic N) is 4. The number of aryl methyl sites for hydroxylation is 1. The van der Waals surface area contributed by atoms with Gasteiger partial charge in [0.15, 0.2) is 6.61 Å². The Morgan fingerprint density at radius 2 is 1.75 bits per heavy atom. The van der Waals surface area contributed by atoms with Crippen molar-refractivity contribution < 1.29 is 24.2 Å². The molecule has 1 aliphatic rings. The highest BCUT2D eigenvalue weighted by Crippen LogP contribution is 2.19. The molecule has 0 radical (unpaired) electrons. The molecule has 1 saturated heterocycles. The van der Waals surface area contributed by atoms with Gasteiger partial charge in [0.05, 0.1) is 29.6 Å². The van der Waals surface area contributed by atoms with Crippen LogP contribution in [-0.2, 0) is 29.0 Å². The number of aromatic nitrogens is 2. The largest absolute Gasteiger partial charge is 0.478 e. The van der Waals surface area contributed by atoms with Crippen LogP contribution in [0.5, 0.6) is 0 Å². The zero-order valence-corrected chi connectivity index (χ0v) is 23.1. The Labute approximate surface area is 234 Å². The minimum atomic E-state index is -0.984. The van der Waals surface area contributed by atoms with Gasteiger partial charge in [-0.1, -0.05) is 37.6 Å². The maximum atomic E-state index is 12.6. The minimum Gasteiger partial charge on any atom is -0.478 e. The number of hydrogen-bond donors (Lipinski definition) is 2. The van der Waals surface area contributed by atoms with Crippen LogP contribution in [0.1, 0.15) is 57.6 Å². The summed E-state index contributed by atoms with van der Waals surface area (Å²) in [6.07, 6.45) is 4.70. The molecule has 1 aliphatic heterocycles. The van der Waals surface area contributed by atoms with Crippen molar-refractivity contribution in [2.24, 2.45) is 0 Å². The number of carboxylic acid groups (broad SMARTS) is 1. The molecule has 0 spiro atoms. The smallest absolute Gasteiger partial charge is 0.338 e. The van der Waals surface area contributed by atoms with Gasteiger partial charge in [-0.2, -0.15) is 0 Å². The van der Waals surface area contributed by atoms with Crippen molar-refractivity contribution in [3.63, 3.8) is 0 Å². The van der Waals surface area contributed by atoms with E-state index in [4.69, 9.17) is 4.74 Å². The number of piperazine rings is 1. The zero-order valence-electron chi connectivity index (χ0n) is 23.1. The number of rotatable bonds is 12. The van der Waals surface area contributed by atoms with Gasteiger partial charge >= 0.3 is 11.9 Å². The lowest BCUT2D eigenvalue weighted by molar-refractivity contribution is -0.136. The van der Waals surface area contributed by atoms with Gasteiger partial charge in [-0.15, -0.1) is 0 Å². The van der Waals surface area contributed by atoms with Crippen LogP contribution in [0.4, 0.5) is 5.69 Å². The number of para-hydroxylation sites is 1. The fourth-order valence-corrected chi connectivity index (χ4v) is 4.62. The van der Waals surface area contributed by atoms with E-state index in [1.165, 1.54) is 0 Å². The summed E-state index contributed by atoms with van der Waals surface area (Å²) in [5.41, 5.74) is 3.06. The van der Waals surface area contributed by atoms with Gasteiger partial charge in [0.2, 0.25) is 0 Å². The van der Waals surface area contributed by atoms with E-state index < -0.39 is 11.9 Å². The number of amides is 1. The van der Waals surface area contributed by atoms with Gasteiger partial charge in [0, 0.05) is 44.8 Å². The van der Waals surface area contributed by atoms with Crippen LogP contribution in [0.3, 0.4) is 0 Å². The van der Waals surface area contributed by atoms with Crippen molar-refractivity contribution in [2.75, 3.05) is 45.2 Å². The summed E-state index contributed by atoms with van der Waals surface area (Å²) in [4.78, 5) is 45.1. The van der Waals surface area contributed by atoms with Crippen molar-refractivity contribution in [2.45, 2.75) is 39.3 Å². The second-order valence-corrected chi connectivity index (χ2v) is 10.0. The van der Waals surface area contributed by atoms with Crippen molar-refractivity contribution in [3.8, 4) is 0 Å². The Bertz CT molecular complexity index is 1310. The number of anilines is 1. The van der Waals surface area contributed by atoms with E-state index in [0.717, 1.165) is 49.4 Å². The number of likely N-dealkylation sites (N-methyl/N-ethyl adjacent to an activating group) is 1. The molecule has 212 valence electrons. The van der Waals surface area contributed by atoms with E-state index in [1.807, 2.05) is 25.4 Å². The predicted octanol–water partition coefficient (Wildman–Crippen LogP) is 3.52. The number of ether oxygens (including phenoxy) is 1. The molecule has 0 aliphatic carbocycles. The van der Waals surface area contributed by atoms with Crippen LogP contribution < -0.4 is 5.32 Å². The van der Waals surface area contributed by atoms with Crippen LogP contribution in [0.15, 0.2) is 54.7 Å². The summed E-state index contributed by atoms with van der Waals surface area (Å²) in [6, 6.07) is 14.0. The lowest BCUT2D eigenvalue weighted by Gasteiger charge is -2.32. The summed E-state index contributed by atoms with van der Waals surface area (Å²) < 4.78 is 7.42. The third kappa shape index (κ3) is 7.47. The molecule has 10 heteroatoms. The van der Waals surface area contributed by atoms with Crippen LogP contribution in [0.2, 0.25) is 0 Å². The fourth-order valence-electron chi connectivity index (χ4n) is 4.62. The molecule has 1 amide bonds. The maximum Gasteiger partial charge on any atom is 0.338 e. The number of imidazole rings is 1. The molecule has 1 fully saturated rings. The van der Waals surface area contributed by atoms with Crippen molar-refractivity contribution in [1.82, 2.24) is 19.4 Å². The van der Waals surface area contributed by atoms with E-state index >= 15 is 0 Å². The molecule has 2 heterocycles. The van der Waals surface area contributed by atoms with E-state index in [9.17, 15) is 19.5 Å². The van der Waals surface area contributed by atoms with Gasteiger partial charge in [0.1, 0.15) is 5.82 Å². The first-order valence-corrected chi connectivity index (χ1v) is 13.7.